The van der Waals surface area contributed by atoms with Crippen LogP contribution in [0.15, 0.2) is 21.8 Å². The molecule has 0 atom stereocenters. The predicted molar refractivity (Wildman–Crippen MR) is 108 cm³/mol. The quantitative estimate of drug-likeness (QED) is 0.321. The number of aryl methyl sites for hydroxylation is 4. The Balaban J connectivity index is 1.55. The summed E-state index contributed by atoms with van der Waals surface area (Å²) in [6.45, 7) is 8.53. The highest BCUT2D eigenvalue weighted by Gasteiger charge is 2.16. The van der Waals surface area contributed by atoms with Crippen molar-refractivity contribution in [1.29, 1.82) is 0 Å². The van der Waals surface area contributed by atoms with Crippen LogP contribution >= 0.6 is 34.4 Å². The normalized spacial score (nSPS) is 11.5. The van der Waals surface area contributed by atoms with Gasteiger partial charge in [0.25, 0.3) is 5.89 Å². The molecule has 8 heteroatoms. The van der Waals surface area contributed by atoms with Crippen LogP contribution in [0.2, 0.25) is 0 Å². The highest BCUT2D eigenvalue weighted by atomic mass is 32.2. The van der Waals surface area contributed by atoms with Gasteiger partial charge in [-0.05, 0) is 44.4 Å². The van der Waals surface area contributed by atoms with Crippen molar-refractivity contribution >= 4 is 44.7 Å². The molecule has 4 aromatic rings. The summed E-state index contributed by atoms with van der Waals surface area (Å²) in [5.41, 5.74) is 2.54. The van der Waals surface area contributed by atoms with Crippen molar-refractivity contribution in [3.05, 3.63) is 39.2 Å². The van der Waals surface area contributed by atoms with Crippen LogP contribution in [0.3, 0.4) is 0 Å². The van der Waals surface area contributed by atoms with Crippen LogP contribution in [0.4, 0.5) is 0 Å². The van der Waals surface area contributed by atoms with Crippen LogP contribution in [0, 0.1) is 20.8 Å². The molecular weight excluding hydrogens is 384 g/mol. The second-order valence-electron chi connectivity index (χ2n) is 6.00. The van der Waals surface area contributed by atoms with E-state index in [-0.39, 0.29) is 0 Å². The molecule has 0 aliphatic carbocycles. The molecule has 0 amide bonds. The van der Waals surface area contributed by atoms with Gasteiger partial charge in [0.05, 0.1) is 10.6 Å². The van der Waals surface area contributed by atoms with Gasteiger partial charge in [-0.15, -0.1) is 32.9 Å². The summed E-state index contributed by atoms with van der Waals surface area (Å²) in [6, 6.07) is 2.12. The summed E-state index contributed by atoms with van der Waals surface area (Å²) in [6.07, 6.45) is 2.65. The summed E-state index contributed by atoms with van der Waals surface area (Å²) >= 11 is 5.05. The van der Waals surface area contributed by atoms with Crippen molar-refractivity contribution in [3.63, 3.8) is 0 Å². The fraction of sp³-hybridized carbons (Fsp3) is 0.333. The Labute approximate surface area is 163 Å². The molecule has 0 saturated heterocycles. The average Bonchev–Trinajstić information content (AvgIpc) is 3.32. The lowest BCUT2D eigenvalue weighted by Gasteiger charge is -2.00. The standard InChI is InChI=1S/C18H18N4OS3/c1-5-12-9(2)6-13(26-12)16-22-21-14(23-16)7-24-17-15-10(3)11(4)25-18(15)20-8-19-17/h6,8H,5,7H2,1-4H3. The molecule has 0 aliphatic heterocycles. The van der Waals surface area contributed by atoms with Crippen molar-refractivity contribution < 1.29 is 4.42 Å². The highest BCUT2D eigenvalue weighted by Crippen LogP contribution is 2.36. The molecule has 0 unspecified atom stereocenters. The van der Waals surface area contributed by atoms with E-state index >= 15 is 0 Å². The molecule has 134 valence electrons. The maximum Gasteiger partial charge on any atom is 0.257 e. The van der Waals surface area contributed by atoms with Crippen molar-refractivity contribution in [3.8, 4) is 10.8 Å². The van der Waals surface area contributed by atoms with E-state index in [0.717, 1.165) is 26.5 Å². The van der Waals surface area contributed by atoms with E-state index in [1.165, 1.54) is 20.9 Å². The van der Waals surface area contributed by atoms with Gasteiger partial charge in [0, 0.05) is 15.1 Å². The molecule has 0 N–H and O–H groups in total. The summed E-state index contributed by atoms with van der Waals surface area (Å²) in [4.78, 5) is 13.6. The van der Waals surface area contributed by atoms with Crippen LogP contribution in [-0.2, 0) is 12.2 Å². The zero-order chi connectivity index (χ0) is 18.3. The SMILES string of the molecule is CCc1sc(-c2nnc(CSc3ncnc4sc(C)c(C)c34)o2)cc1C. The van der Waals surface area contributed by atoms with Gasteiger partial charge in [0.2, 0.25) is 5.89 Å². The Morgan fingerprint density at radius 1 is 1.12 bits per heavy atom. The zero-order valence-electron chi connectivity index (χ0n) is 15.0. The maximum atomic E-state index is 5.88. The first-order valence-electron chi connectivity index (χ1n) is 8.32. The van der Waals surface area contributed by atoms with E-state index in [2.05, 4.69) is 53.9 Å². The Bertz CT molecular complexity index is 1080. The van der Waals surface area contributed by atoms with Gasteiger partial charge in [-0.25, -0.2) is 9.97 Å². The van der Waals surface area contributed by atoms with Gasteiger partial charge >= 0.3 is 0 Å². The third-order valence-corrected chi connectivity index (χ3v) is 7.74. The van der Waals surface area contributed by atoms with E-state index in [1.807, 2.05) is 0 Å². The van der Waals surface area contributed by atoms with E-state index < -0.39 is 0 Å². The fourth-order valence-corrected chi connectivity index (χ4v) is 5.77. The molecule has 0 radical (unpaired) electrons. The van der Waals surface area contributed by atoms with Crippen LogP contribution in [0.5, 0.6) is 0 Å². The molecule has 4 aromatic heterocycles. The van der Waals surface area contributed by atoms with Gasteiger partial charge in [-0.2, -0.15) is 0 Å². The molecular formula is C18H18N4OS3. The minimum atomic E-state index is 0.596. The fourth-order valence-electron chi connectivity index (χ4n) is 2.78. The number of aromatic nitrogens is 4. The minimum absolute atomic E-state index is 0.596. The first-order valence-corrected chi connectivity index (χ1v) is 10.9. The van der Waals surface area contributed by atoms with Crippen LogP contribution in [0.25, 0.3) is 21.0 Å². The van der Waals surface area contributed by atoms with Gasteiger partial charge in [0.1, 0.15) is 16.2 Å². The lowest BCUT2D eigenvalue weighted by Crippen LogP contribution is -1.87. The summed E-state index contributed by atoms with van der Waals surface area (Å²) in [7, 11) is 0. The molecule has 0 aliphatic rings. The van der Waals surface area contributed by atoms with Crippen molar-refractivity contribution in [2.45, 2.75) is 44.9 Å². The lowest BCUT2D eigenvalue weighted by atomic mass is 10.2. The van der Waals surface area contributed by atoms with Crippen LogP contribution in [-0.4, -0.2) is 20.2 Å². The summed E-state index contributed by atoms with van der Waals surface area (Å²) in [5, 5.41) is 10.5. The first-order chi connectivity index (χ1) is 12.6. The number of thiophene rings is 2. The molecule has 0 aromatic carbocycles. The van der Waals surface area contributed by atoms with E-state index in [0.29, 0.717) is 17.5 Å². The molecule has 0 bridgehead atoms. The van der Waals surface area contributed by atoms with E-state index in [9.17, 15) is 0 Å². The van der Waals surface area contributed by atoms with Crippen LogP contribution in [0.1, 0.15) is 33.7 Å². The third kappa shape index (κ3) is 3.17. The Morgan fingerprint density at radius 3 is 2.73 bits per heavy atom. The van der Waals surface area contributed by atoms with Gasteiger partial charge in [0.15, 0.2) is 0 Å². The molecule has 4 rings (SSSR count). The van der Waals surface area contributed by atoms with Crippen molar-refractivity contribution in [1.82, 2.24) is 20.2 Å². The second-order valence-corrected chi connectivity index (χ2v) is 9.31. The molecule has 4 heterocycles. The number of fused-ring (bicyclic) bond motifs is 1. The van der Waals surface area contributed by atoms with E-state index in [1.54, 1.807) is 40.8 Å². The Morgan fingerprint density at radius 2 is 1.96 bits per heavy atom. The summed E-state index contributed by atoms with van der Waals surface area (Å²) in [5.74, 6) is 1.81. The molecule has 0 saturated carbocycles. The monoisotopic (exact) mass is 402 g/mol. The Hall–Kier alpha value is -1.77. The van der Waals surface area contributed by atoms with Crippen molar-refractivity contribution in [2.24, 2.45) is 0 Å². The molecule has 26 heavy (non-hydrogen) atoms. The number of thioether (sulfide) groups is 1. The second kappa shape index (κ2) is 7.09. The topological polar surface area (TPSA) is 64.7 Å². The molecule has 0 spiro atoms. The van der Waals surface area contributed by atoms with Crippen LogP contribution < -0.4 is 0 Å². The largest absolute Gasteiger partial charge is 0.419 e. The van der Waals surface area contributed by atoms with E-state index in [4.69, 9.17) is 4.42 Å². The number of nitrogens with zero attached hydrogens (tertiary/aromatic N) is 4. The predicted octanol–water partition coefficient (Wildman–Crippen LogP) is 5.58. The van der Waals surface area contributed by atoms with Gasteiger partial charge in [-0.1, -0.05) is 18.7 Å². The Kier molecular flexibility index (Phi) is 4.81. The molecule has 5 nitrogen and oxygen atoms in total. The third-order valence-electron chi connectivity index (χ3n) is 4.28. The highest BCUT2D eigenvalue weighted by molar-refractivity contribution is 7.98. The van der Waals surface area contributed by atoms with Gasteiger partial charge < -0.3 is 4.42 Å². The maximum absolute atomic E-state index is 5.88. The molecule has 0 fully saturated rings. The zero-order valence-corrected chi connectivity index (χ0v) is 17.4. The smallest absolute Gasteiger partial charge is 0.257 e. The lowest BCUT2D eigenvalue weighted by molar-refractivity contribution is 0.529. The summed E-state index contributed by atoms with van der Waals surface area (Å²) < 4.78 is 5.88. The average molecular weight is 403 g/mol. The van der Waals surface area contributed by atoms with Gasteiger partial charge in [-0.3, -0.25) is 0 Å². The minimum Gasteiger partial charge on any atom is -0.419 e. The van der Waals surface area contributed by atoms with Crippen molar-refractivity contribution in [2.75, 3.05) is 0 Å². The number of hydrogen-bond acceptors (Lipinski definition) is 8. The first kappa shape index (κ1) is 17.6. The number of hydrogen-bond donors (Lipinski definition) is 0. The number of rotatable bonds is 5.